The van der Waals surface area contributed by atoms with Gasteiger partial charge in [0.05, 0.1) is 0 Å². The molecule has 0 bridgehead atoms. The monoisotopic (exact) mass is 1280 g/mol. The highest BCUT2D eigenvalue weighted by molar-refractivity contribution is 5.70. The third-order valence-electron chi connectivity index (χ3n) is 28.0. The molecule has 0 aromatic heterocycles. The summed E-state index contributed by atoms with van der Waals surface area (Å²) in [5.74, 6) is 10.0. The van der Waals surface area contributed by atoms with Crippen LogP contribution in [0.3, 0.4) is 0 Å². The molecule has 6 saturated carbocycles. The maximum atomic E-state index is 12.8. The summed E-state index contributed by atoms with van der Waals surface area (Å²) in [7, 11) is 0. The molecule has 8 aliphatic carbocycles. The van der Waals surface area contributed by atoms with Gasteiger partial charge in [-0.25, -0.2) is 0 Å². The lowest BCUT2D eigenvalue weighted by Gasteiger charge is -2.58. The van der Waals surface area contributed by atoms with Crippen molar-refractivity contribution in [3.8, 4) is 0 Å². The maximum absolute atomic E-state index is 12.8. The number of fused-ring (bicyclic) bond motifs is 10. The lowest BCUT2D eigenvalue weighted by molar-refractivity contribution is -0.152. The van der Waals surface area contributed by atoms with Crippen molar-refractivity contribution in [1.82, 2.24) is 0 Å². The summed E-state index contributed by atoms with van der Waals surface area (Å²) >= 11 is 0. The van der Waals surface area contributed by atoms with E-state index in [-0.39, 0.29) is 36.0 Å². The van der Waals surface area contributed by atoms with Crippen molar-refractivity contribution in [2.24, 2.45) is 92.7 Å². The number of carbonyl (C=O) groups excluding carboxylic acids is 2. The zero-order valence-electron chi connectivity index (χ0n) is 64.3. The molecule has 0 heterocycles. The van der Waals surface area contributed by atoms with Crippen LogP contribution in [0.4, 0.5) is 0 Å². The number of hydrogen-bond donors (Lipinski definition) is 0. The molecule has 0 saturated heterocycles. The van der Waals surface area contributed by atoms with Gasteiger partial charge in [-0.15, -0.1) is 0 Å². The third kappa shape index (κ3) is 22.1. The number of ether oxygens (including phenoxy) is 2. The Hall–Kier alpha value is -1.84. The van der Waals surface area contributed by atoms with Crippen molar-refractivity contribution in [2.75, 3.05) is 0 Å². The summed E-state index contributed by atoms with van der Waals surface area (Å²) in [6.07, 6.45) is 71.9. The van der Waals surface area contributed by atoms with Gasteiger partial charge in [0, 0.05) is 27.1 Å². The molecule has 17 atom stereocenters. The van der Waals surface area contributed by atoms with Crippen LogP contribution in [0.15, 0.2) is 35.5 Å². The SMILES string of the molecule is CCCCCCCC/C=C\CCCCCCC[14C](=O)O[C@H]1CC[C@@]2(C)C(=CC[C@H]3[C@@H]4CC[C@H]([C@H](C)CCCC(C)C)[C@@]4(C)CC[C@@H]32)C1.[3H]C1C[C@H](OC(=O)CCCCCCCCCCCCCCC)CC2=CC[C@H]3[C@@H]4CC[C@H]([C@H](C)CCCC(C)C)[C@@]4(C)CC[C@@H]3[C@]21C. The van der Waals surface area contributed by atoms with Gasteiger partial charge in [0.25, 0.3) is 0 Å². The van der Waals surface area contributed by atoms with Gasteiger partial charge in [-0.2, -0.15) is 0 Å². The largest absolute Gasteiger partial charge is 0.462 e. The summed E-state index contributed by atoms with van der Waals surface area (Å²) in [6, 6.07) is 0. The van der Waals surface area contributed by atoms with E-state index in [2.05, 4.69) is 107 Å². The first-order valence-electron chi connectivity index (χ1n) is 42.2. The highest BCUT2D eigenvalue weighted by Gasteiger charge is 2.61. The number of rotatable bonds is 41. The van der Waals surface area contributed by atoms with Crippen LogP contribution < -0.4 is 0 Å². The van der Waals surface area contributed by atoms with Crippen LogP contribution in [0.1, 0.15) is 405 Å². The van der Waals surface area contributed by atoms with Crippen LogP contribution in [0.2, 0.25) is 0 Å². The van der Waals surface area contributed by atoms with Crippen molar-refractivity contribution < 1.29 is 20.4 Å². The van der Waals surface area contributed by atoms with Crippen LogP contribution in [0, 0.1) is 92.7 Å². The van der Waals surface area contributed by atoms with E-state index < -0.39 is 0 Å². The number of esters is 2. The second kappa shape index (κ2) is 39.7. The van der Waals surface area contributed by atoms with Crippen molar-refractivity contribution in [3.05, 3.63) is 35.5 Å². The van der Waals surface area contributed by atoms with Gasteiger partial charge in [0.15, 0.2) is 0 Å². The molecule has 530 valence electrons. The molecule has 4 nitrogen and oxygen atoms in total. The molecule has 0 radical (unpaired) electrons. The van der Waals surface area contributed by atoms with E-state index >= 15 is 0 Å². The van der Waals surface area contributed by atoms with Crippen molar-refractivity contribution in [2.45, 2.75) is 416 Å². The summed E-state index contributed by atoms with van der Waals surface area (Å²) in [5, 5.41) is 0. The Morgan fingerprint density at radius 2 is 0.935 bits per heavy atom. The van der Waals surface area contributed by atoms with Gasteiger partial charge in [-0.3, -0.25) is 9.59 Å². The highest BCUT2D eigenvalue weighted by atomic mass is 16.8. The van der Waals surface area contributed by atoms with E-state index in [1.165, 1.54) is 256 Å². The lowest BCUT2D eigenvalue weighted by atomic mass is 9.47. The molecule has 4 heteroatoms. The fourth-order valence-corrected chi connectivity index (χ4v) is 22.4. The molecule has 0 aromatic carbocycles. The zero-order valence-corrected chi connectivity index (χ0v) is 63.3. The van der Waals surface area contributed by atoms with E-state index in [4.69, 9.17) is 9.47 Å². The molecular weight excluding hydrogens is 1120 g/mol. The molecule has 1 unspecified atom stereocenters. The highest BCUT2D eigenvalue weighted by Crippen LogP contribution is 2.69. The van der Waals surface area contributed by atoms with Crippen molar-refractivity contribution >= 4 is 11.9 Å². The Labute approximate surface area is 573 Å². The zero-order chi connectivity index (χ0) is 66.9. The molecule has 8 aliphatic rings. The van der Waals surface area contributed by atoms with E-state index in [9.17, 15) is 11.0 Å². The summed E-state index contributed by atoms with van der Waals surface area (Å²) < 4.78 is 21.6. The quantitative estimate of drug-likeness (QED) is 0.0348. The summed E-state index contributed by atoms with van der Waals surface area (Å²) in [5.41, 5.74) is 4.43. The lowest BCUT2D eigenvalue weighted by Crippen LogP contribution is -2.51. The average molecular weight is 1280 g/mol. The second-order valence-corrected chi connectivity index (χ2v) is 35.4. The molecule has 0 amide bonds. The van der Waals surface area contributed by atoms with Crippen LogP contribution in [0.25, 0.3) is 0 Å². The number of allylic oxidation sites excluding steroid dienone is 4. The third-order valence-corrected chi connectivity index (χ3v) is 28.0. The normalized spacial score (nSPS) is 33.9. The standard InChI is InChI=1S/C45H78O2.C43H76O2/c1-7-8-9-10-11-12-13-14-15-16-17-18-19-20-21-25-43(46)47-38-30-32-44(5)37(34-38)26-27-39-41-29-28-40(36(4)24-22-23-35(2)3)45(41,6)33-31-42(39)44;1-7-8-9-10-11-12-13-14-15-16-17-18-19-23-41(44)45-36-28-30-42(5)35(32-36)24-25-37-39-27-26-38(34(4)22-20-21-33(2)3)43(39,6)31-29-40(37)42/h14-15,26,35-36,38-42H,7-13,16-25,27-34H2,1-6H3;24,33-34,36-40H,7-23,25-32H2,1-6H3/b15-14-;/t36-,38+,39+,40-,41+,42+,44+,45-;34-,36+,37+,38-,39+,40+,42+,43-/m11/s1/i43+2;30T/tm;30?,34-,36+,37+,38-,39+,40+,42+,43-. The first-order valence-corrected chi connectivity index (χ1v) is 41.6. The van der Waals surface area contributed by atoms with Gasteiger partial charge < -0.3 is 9.47 Å². The van der Waals surface area contributed by atoms with Crippen LogP contribution in [0.5, 0.6) is 0 Å². The first-order chi connectivity index (χ1) is 44.8. The molecule has 6 fully saturated rings. The Balaban J connectivity index is 0.000000264. The first kappa shape index (κ1) is 75.9. The van der Waals surface area contributed by atoms with Gasteiger partial charge in [-0.1, -0.05) is 285 Å². The van der Waals surface area contributed by atoms with Gasteiger partial charge in [0.1, 0.15) is 12.2 Å². The molecule has 0 aromatic rings. The number of carbonyl (C=O) groups is 2. The predicted octanol–water partition coefficient (Wildman–Crippen LogP) is 27.4. The Bertz CT molecular complexity index is 2220. The number of unbranched alkanes of at least 4 members (excludes halogenated alkanes) is 23. The fraction of sp³-hybridized carbons (Fsp3) is 0.909. The second-order valence-electron chi connectivity index (χ2n) is 35.4. The predicted molar refractivity (Wildman–Crippen MR) is 396 cm³/mol. The van der Waals surface area contributed by atoms with Gasteiger partial charge >= 0.3 is 11.9 Å². The minimum atomic E-state index is -0.161. The van der Waals surface area contributed by atoms with E-state index in [1.807, 2.05) is 0 Å². The average Bonchev–Trinajstić information content (AvgIpc) is 1.71. The Kier molecular flexibility index (Phi) is 32.7. The summed E-state index contributed by atoms with van der Waals surface area (Å²) in [4.78, 5) is 25.6. The number of hydrogen-bond acceptors (Lipinski definition) is 4. The summed E-state index contributed by atoms with van der Waals surface area (Å²) in [6.45, 7) is 29.6. The fourth-order valence-electron chi connectivity index (χ4n) is 22.4. The van der Waals surface area contributed by atoms with Crippen LogP contribution in [-0.4, -0.2) is 24.1 Å². The van der Waals surface area contributed by atoms with Gasteiger partial charge in [-0.05, 0) is 221 Å². The topological polar surface area (TPSA) is 52.6 Å². The Morgan fingerprint density at radius 3 is 1.42 bits per heavy atom. The molecule has 0 aliphatic heterocycles. The van der Waals surface area contributed by atoms with E-state index in [1.54, 1.807) is 5.57 Å². The van der Waals surface area contributed by atoms with Crippen LogP contribution in [-0.2, 0) is 19.1 Å². The maximum Gasteiger partial charge on any atom is 0.306 e. The van der Waals surface area contributed by atoms with Crippen LogP contribution >= 0.6 is 0 Å². The van der Waals surface area contributed by atoms with Crippen molar-refractivity contribution in [3.63, 3.8) is 0 Å². The minimum absolute atomic E-state index is 0.0221. The van der Waals surface area contributed by atoms with Gasteiger partial charge in [0.2, 0.25) is 0 Å². The molecular formula is C88H154O4. The molecule has 0 spiro atoms. The molecule has 0 N–H and O–H groups in total. The molecule has 92 heavy (non-hydrogen) atoms. The smallest absolute Gasteiger partial charge is 0.306 e. The van der Waals surface area contributed by atoms with E-state index in [0.29, 0.717) is 35.0 Å². The molecule has 8 rings (SSSR count). The van der Waals surface area contributed by atoms with E-state index in [0.717, 1.165) is 116 Å². The minimum Gasteiger partial charge on any atom is -0.462 e. The van der Waals surface area contributed by atoms with Crippen molar-refractivity contribution in [1.29, 1.82) is 0 Å². The Morgan fingerprint density at radius 1 is 0.500 bits per heavy atom.